The summed E-state index contributed by atoms with van der Waals surface area (Å²) in [6.07, 6.45) is 5.06. The molecule has 0 spiro atoms. The van der Waals surface area contributed by atoms with Crippen LogP contribution < -0.4 is 5.32 Å². The van der Waals surface area contributed by atoms with Crippen LogP contribution in [0.4, 0.5) is 0 Å². The van der Waals surface area contributed by atoms with E-state index < -0.39 is 0 Å². The van der Waals surface area contributed by atoms with Crippen LogP contribution in [0.25, 0.3) is 0 Å². The van der Waals surface area contributed by atoms with Gasteiger partial charge in [0.05, 0.1) is 12.1 Å². The van der Waals surface area contributed by atoms with Crippen molar-refractivity contribution in [2.75, 3.05) is 0 Å². The molecule has 1 aromatic rings. The molecule has 1 fully saturated rings. The third-order valence-corrected chi connectivity index (χ3v) is 3.65. The SMILES string of the molecule is CCc1ccc(C(C)NC2CCCCC2O)o1. The normalized spacial score (nSPS) is 27.0. The van der Waals surface area contributed by atoms with Crippen molar-refractivity contribution in [3.05, 3.63) is 23.7 Å². The summed E-state index contributed by atoms with van der Waals surface area (Å²) in [4.78, 5) is 0. The number of nitrogens with one attached hydrogen (secondary N) is 1. The molecule has 0 aromatic carbocycles. The number of hydrogen-bond donors (Lipinski definition) is 2. The molecule has 0 radical (unpaired) electrons. The first-order chi connectivity index (χ1) is 8.20. The summed E-state index contributed by atoms with van der Waals surface area (Å²) < 4.78 is 5.73. The van der Waals surface area contributed by atoms with Gasteiger partial charge in [-0.05, 0) is 31.9 Å². The standard InChI is InChI=1S/C14H23NO2/c1-3-11-8-9-14(17-11)10(2)15-12-6-4-5-7-13(12)16/h8-10,12-13,15-16H,3-7H2,1-2H3. The molecule has 2 rings (SSSR count). The van der Waals surface area contributed by atoms with E-state index in [0.29, 0.717) is 0 Å². The highest BCUT2D eigenvalue weighted by atomic mass is 16.3. The maximum absolute atomic E-state index is 9.92. The Kier molecular flexibility index (Phi) is 4.24. The van der Waals surface area contributed by atoms with Gasteiger partial charge < -0.3 is 14.8 Å². The quantitative estimate of drug-likeness (QED) is 0.846. The van der Waals surface area contributed by atoms with Crippen molar-refractivity contribution >= 4 is 0 Å². The summed E-state index contributed by atoms with van der Waals surface area (Å²) in [6.45, 7) is 4.19. The van der Waals surface area contributed by atoms with Gasteiger partial charge in [-0.1, -0.05) is 19.8 Å². The van der Waals surface area contributed by atoms with Crippen molar-refractivity contribution in [3.63, 3.8) is 0 Å². The van der Waals surface area contributed by atoms with Gasteiger partial charge >= 0.3 is 0 Å². The molecule has 1 aromatic heterocycles. The van der Waals surface area contributed by atoms with Gasteiger partial charge in [-0.2, -0.15) is 0 Å². The maximum Gasteiger partial charge on any atom is 0.120 e. The molecular formula is C14H23NO2. The molecule has 2 N–H and O–H groups in total. The molecule has 3 nitrogen and oxygen atoms in total. The molecule has 0 amide bonds. The zero-order valence-corrected chi connectivity index (χ0v) is 10.8. The van der Waals surface area contributed by atoms with Crippen molar-refractivity contribution < 1.29 is 9.52 Å². The molecule has 1 aliphatic rings. The van der Waals surface area contributed by atoms with E-state index in [1.807, 2.05) is 12.1 Å². The minimum Gasteiger partial charge on any atom is -0.464 e. The van der Waals surface area contributed by atoms with E-state index in [0.717, 1.165) is 37.2 Å². The molecule has 0 saturated heterocycles. The average molecular weight is 237 g/mol. The van der Waals surface area contributed by atoms with Crippen LogP contribution >= 0.6 is 0 Å². The number of aryl methyl sites for hydroxylation is 1. The van der Waals surface area contributed by atoms with Crippen LogP contribution in [0.5, 0.6) is 0 Å². The minimum atomic E-state index is -0.202. The number of hydrogen-bond acceptors (Lipinski definition) is 3. The van der Waals surface area contributed by atoms with E-state index >= 15 is 0 Å². The highest BCUT2D eigenvalue weighted by Gasteiger charge is 2.25. The van der Waals surface area contributed by atoms with E-state index in [2.05, 4.69) is 19.2 Å². The fourth-order valence-electron chi connectivity index (χ4n) is 2.53. The van der Waals surface area contributed by atoms with E-state index in [1.54, 1.807) is 0 Å². The van der Waals surface area contributed by atoms with Gasteiger partial charge in [0.1, 0.15) is 11.5 Å². The van der Waals surface area contributed by atoms with E-state index in [-0.39, 0.29) is 18.2 Å². The number of aliphatic hydroxyl groups excluding tert-OH is 1. The lowest BCUT2D eigenvalue weighted by Crippen LogP contribution is -2.43. The second-order valence-electron chi connectivity index (χ2n) is 5.00. The van der Waals surface area contributed by atoms with Gasteiger partial charge in [-0.15, -0.1) is 0 Å². The van der Waals surface area contributed by atoms with Crippen LogP contribution in [-0.2, 0) is 6.42 Å². The first-order valence-electron chi connectivity index (χ1n) is 6.73. The predicted octanol–water partition coefficient (Wildman–Crippen LogP) is 2.80. The highest BCUT2D eigenvalue weighted by molar-refractivity contribution is 5.10. The molecule has 1 heterocycles. The molecule has 3 unspecified atom stereocenters. The number of furan rings is 1. The van der Waals surface area contributed by atoms with Gasteiger partial charge in [-0.25, -0.2) is 0 Å². The fraction of sp³-hybridized carbons (Fsp3) is 0.714. The Labute approximate surface area is 103 Å². The van der Waals surface area contributed by atoms with Gasteiger partial charge in [-0.3, -0.25) is 0 Å². The van der Waals surface area contributed by atoms with Crippen molar-refractivity contribution in [3.8, 4) is 0 Å². The zero-order valence-electron chi connectivity index (χ0n) is 10.8. The summed E-state index contributed by atoms with van der Waals surface area (Å²) in [5.74, 6) is 2.00. The molecule has 1 saturated carbocycles. The Morgan fingerprint density at radius 1 is 1.41 bits per heavy atom. The van der Waals surface area contributed by atoms with Gasteiger partial charge in [0, 0.05) is 12.5 Å². The fourth-order valence-corrected chi connectivity index (χ4v) is 2.53. The first-order valence-corrected chi connectivity index (χ1v) is 6.73. The van der Waals surface area contributed by atoms with Crippen LogP contribution in [0.15, 0.2) is 16.5 Å². The van der Waals surface area contributed by atoms with Crippen LogP contribution in [0.2, 0.25) is 0 Å². The Morgan fingerprint density at radius 2 is 2.18 bits per heavy atom. The van der Waals surface area contributed by atoms with Gasteiger partial charge in [0.2, 0.25) is 0 Å². The average Bonchev–Trinajstić information content (AvgIpc) is 2.81. The van der Waals surface area contributed by atoms with Crippen molar-refractivity contribution in [2.45, 2.75) is 64.1 Å². The first kappa shape index (κ1) is 12.7. The van der Waals surface area contributed by atoms with E-state index in [9.17, 15) is 5.11 Å². The topological polar surface area (TPSA) is 45.4 Å². The van der Waals surface area contributed by atoms with Crippen molar-refractivity contribution in [1.82, 2.24) is 5.32 Å². The molecule has 0 aliphatic heterocycles. The van der Waals surface area contributed by atoms with E-state index in [4.69, 9.17) is 4.42 Å². The Hall–Kier alpha value is -0.800. The maximum atomic E-state index is 9.92. The molecule has 96 valence electrons. The van der Waals surface area contributed by atoms with Crippen LogP contribution in [0.3, 0.4) is 0 Å². The second kappa shape index (κ2) is 5.69. The molecule has 0 bridgehead atoms. The molecule has 1 aliphatic carbocycles. The molecule has 17 heavy (non-hydrogen) atoms. The summed E-state index contributed by atoms with van der Waals surface area (Å²) in [7, 11) is 0. The summed E-state index contributed by atoms with van der Waals surface area (Å²) in [6, 6.07) is 4.46. The third-order valence-electron chi connectivity index (χ3n) is 3.65. The minimum absolute atomic E-state index is 0.174. The van der Waals surface area contributed by atoms with Crippen LogP contribution in [-0.4, -0.2) is 17.3 Å². The Balaban J connectivity index is 1.93. The third kappa shape index (κ3) is 3.11. The largest absolute Gasteiger partial charge is 0.464 e. The van der Waals surface area contributed by atoms with Crippen molar-refractivity contribution in [2.24, 2.45) is 0 Å². The lowest BCUT2D eigenvalue weighted by atomic mass is 9.92. The predicted molar refractivity (Wildman–Crippen MR) is 67.9 cm³/mol. The molecule has 3 atom stereocenters. The summed E-state index contributed by atoms with van der Waals surface area (Å²) in [5.41, 5.74) is 0. The lowest BCUT2D eigenvalue weighted by Gasteiger charge is -2.30. The Bertz CT molecular complexity index is 348. The number of aliphatic hydroxyl groups is 1. The van der Waals surface area contributed by atoms with Crippen LogP contribution in [0.1, 0.15) is 57.1 Å². The zero-order chi connectivity index (χ0) is 12.3. The monoisotopic (exact) mass is 237 g/mol. The number of rotatable bonds is 4. The van der Waals surface area contributed by atoms with E-state index in [1.165, 1.54) is 6.42 Å². The van der Waals surface area contributed by atoms with Crippen molar-refractivity contribution in [1.29, 1.82) is 0 Å². The smallest absolute Gasteiger partial charge is 0.120 e. The van der Waals surface area contributed by atoms with Crippen LogP contribution in [0, 0.1) is 0 Å². The van der Waals surface area contributed by atoms with Gasteiger partial charge in [0.25, 0.3) is 0 Å². The Morgan fingerprint density at radius 3 is 2.82 bits per heavy atom. The summed E-state index contributed by atoms with van der Waals surface area (Å²) in [5, 5.41) is 13.4. The summed E-state index contributed by atoms with van der Waals surface area (Å²) >= 11 is 0. The molecule has 3 heteroatoms. The highest BCUT2D eigenvalue weighted by Crippen LogP contribution is 2.23. The second-order valence-corrected chi connectivity index (χ2v) is 5.00. The van der Waals surface area contributed by atoms with Gasteiger partial charge in [0.15, 0.2) is 0 Å². The lowest BCUT2D eigenvalue weighted by molar-refractivity contribution is 0.0844. The molecular weight excluding hydrogens is 214 g/mol.